The number of aryl methyl sites for hydroxylation is 1. The standard InChI is InChI=1S/C9H11ClN2O2/c1-5-2-7(10)6(4-12-5)8(11)3-9(13)14/h2,4,8H,3,11H2,1H3,(H,13,14). The highest BCUT2D eigenvalue weighted by Gasteiger charge is 2.14. The van der Waals surface area contributed by atoms with Crippen molar-refractivity contribution in [2.24, 2.45) is 5.73 Å². The quantitative estimate of drug-likeness (QED) is 0.800. The Morgan fingerprint density at radius 2 is 2.43 bits per heavy atom. The molecule has 5 heteroatoms. The smallest absolute Gasteiger partial charge is 0.305 e. The van der Waals surface area contributed by atoms with Crippen LogP contribution in [0.15, 0.2) is 12.3 Å². The van der Waals surface area contributed by atoms with E-state index in [0.717, 1.165) is 5.69 Å². The Kier molecular flexibility index (Phi) is 3.43. The Morgan fingerprint density at radius 1 is 1.79 bits per heavy atom. The molecule has 1 rings (SSSR count). The van der Waals surface area contributed by atoms with Crippen molar-refractivity contribution in [1.29, 1.82) is 0 Å². The summed E-state index contributed by atoms with van der Waals surface area (Å²) in [6.07, 6.45) is 1.37. The zero-order chi connectivity index (χ0) is 10.7. The molecule has 0 spiro atoms. The largest absolute Gasteiger partial charge is 0.481 e. The third-order valence-electron chi connectivity index (χ3n) is 1.81. The van der Waals surface area contributed by atoms with Crippen LogP contribution in [0.25, 0.3) is 0 Å². The van der Waals surface area contributed by atoms with Crippen LogP contribution >= 0.6 is 11.6 Å². The van der Waals surface area contributed by atoms with Gasteiger partial charge in [0, 0.05) is 28.5 Å². The molecule has 0 aliphatic heterocycles. The van der Waals surface area contributed by atoms with Gasteiger partial charge in [0.2, 0.25) is 0 Å². The van der Waals surface area contributed by atoms with Gasteiger partial charge in [0.15, 0.2) is 0 Å². The van der Waals surface area contributed by atoms with Gasteiger partial charge in [-0.25, -0.2) is 0 Å². The second-order valence-electron chi connectivity index (χ2n) is 3.05. The van der Waals surface area contributed by atoms with Crippen LogP contribution in [0, 0.1) is 6.92 Å². The molecule has 0 aliphatic carbocycles. The second kappa shape index (κ2) is 4.39. The van der Waals surface area contributed by atoms with E-state index in [1.54, 1.807) is 13.0 Å². The van der Waals surface area contributed by atoms with E-state index in [-0.39, 0.29) is 6.42 Å². The molecule has 0 aliphatic rings. The molecule has 3 N–H and O–H groups in total. The number of aliphatic carboxylic acids is 1. The van der Waals surface area contributed by atoms with Crippen LogP contribution in [0.5, 0.6) is 0 Å². The zero-order valence-electron chi connectivity index (χ0n) is 7.70. The summed E-state index contributed by atoms with van der Waals surface area (Å²) in [6.45, 7) is 1.80. The van der Waals surface area contributed by atoms with Crippen LogP contribution in [0.4, 0.5) is 0 Å². The lowest BCUT2D eigenvalue weighted by Crippen LogP contribution is -2.15. The van der Waals surface area contributed by atoms with Crippen LogP contribution in [0.1, 0.15) is 23.7 Å². The molecule has 0 bridgehead atoms. The van der Waals surface area contributed by atoms with Gasteiger partial charge in [-0.1, -0.05) is 11.6 Å². The maximum absolute atomic E-state index is 10.4. The van der Waals surface area contributed by atoms with Gasteiger partial charge in [-0.3, -0.25) is 9.78 Å². The Labute approximate surface area is 86.7 Å². The molecule has 14 heavy (non-hydrogen) atoms. The van der Waals surface area contributed by atoms with Crippen molar-refractivity contribution < 1.29 is 9.90 Å². The Morgan fingerprint density at radius 3 is 2.93 bits per heavy atom. The van der Waals surface area contributed by atoms with Crippen molar-refractivity contribution >= 4 is 17.6 Å². The number of hydrogen-bond acceptors (Lipinski definition) is 3. The fourth-order valence-electron chi connectivity index (χ4n) is 1.11. The highest BCUT2D eigenvalue weighted by Crippen LogP contribution is 2.23. The summed E-state index contributed by atoms with van der Waals surface area (Å²) >= 11 is 5.89. The van der Waals surface area contributed by atoms with E-state index in [1.165, 1.54) is 6.20 Å². The van der Waals surface area contributed by atoms with Crippen molar-refractivity contribution in [2.45, 2.75) is 19.4 Å². The maximum Gasteiger partial charge on any atom is 0.305 e. The normalized spacial score (nSPS) is 12.5. The maximum atomic E-state index is 10.4. The van der Waals surface area contributed by atoms with Gasteiger partial charge >= 0.3 is 5.97 Å². The highest BCUT2D eigenvalue weighted by atomic mass is 35.5. The minimum absolute atomic E-state index is 0.148. The van der Waals surface area contributed by atoms with E-state index in [2.05, 4.69) is 4.98 Å². The van der Waals surface area contributed by atoms with Crippen molar-refractivity contribution in [2.75, 3.05) is 0 Å². The number of pyridine rings is 1. The van der Waals surface area contributed by atoms with Gasteiger partial charge in [0.05, 0.1) is 6.42 Å². The van der Waals surface area contributed by atoms with Crippen molar-refractivity contribution in [3.63, 3.8) is 0 Å². The predicted octanol–water partition coefficient (Wildman–Crippen LogP) is 1.52. The van der Waals surface area contributed by atoms with Gasteiger partial charge in [0.25, 0.3) is 0 Å². The van der Waals surface area contributed by atoms with Gasteiger partial charge in [-0.15, -0.1) is 0 Å². The molecule has 4 nitrogen and oxygen atoms in total. The molecular formula is C9H11ClN2O2. The number of carboxylic acids is 1. The fourth-order valence-corrected chi connectivity index (χ4v) is 1.45. The summed E-state index contributed by atoms with van der Waals surface area (Å²) in [7, 11) is 0. The number of aromatic nitrogens is 1. The number of nitrogens with zero attached hydrogens (tertiary/aromatic N) is 1. The number of carbonyl (C=O) groups is 1. The predicted molar refractivity (Wildman–Crippen MR) is 53.2 cm³/mol. The first kappa shape index (κ1) is 10.9. The lowest BCUT2D eigenvalue weighted by atomic mass is 10.1. The molecule has 0 aromatic carbocycles. The average Bonchev–Trinajstić information content (AvgIpc) is 2.01. The zero-order valence-corrected chi connectivity index (χ0v) is 8.45. The molecule has 1 aromatic heterocycles. The summed E-state index contributed by atoms with van der Waals surface area (Å²) < 4.78 is 0. The van der Waals surface area contributed by atoms with Gasteiger partial charge < -0.3 is 10.8 Å². The lowest BCUT2D eigenvalue weighted by molar-refractivity contribution is -0.137. The lowest BCUT2D eigenvalue weighted by Gasteiger charge is -2.10. The van der Waals surface area contributed by atoms with Crippen LogP contribution in [-0.4, -0.2) is 16.1 Å². The molecule has 0 saturated heterocycles. The second-order valence-corrected chi connectivity index (χ2v) is 3.46. The van der Waals surface area contributed by atoms with E-state index in [0.29, 0.717) is 10.6 Å². The highest BCUT2D eigenvalue weighted by molar-refractivity contribution is 6.31. The Hall–Kier alpha value is -1.13. The van der Waals surface area contributed by atoms with Crippen LogP contribution in [-0.2, 0) is 4.79 Å². The molecule has 1 atom stereocenters. The molecule has 1 unspecified atom stereocenters. The minimum Gasteiger partial charge on any atom is -0.481 e. The molecule has 0 amide bonds. The summed E-state index contributed by atoms with van der Waals surface area (Å²) in [5.41, 5.74) is 6.99. The SMILES string of the molecule is Cc1cc(Cl)c(C(N)CC(=O)O)cn1. The number of carboxylic acid groups (broad SMARTS) is 1. The van der Waals surface area contributed by atoms with Crippen molar-refractivity contribution in [1.82, 2.24) is 4.98 Å². The topological polar surface area (TPSA) is 76.2 Å². The molecule has 0 fully saturated rings. The minimum atomic E-state index is -0.950. The molecule has 1 heterocycles. The Balaban J connectivity index is 2.90. The third kappa shape index (κ3) is 2.68. The summed E-state index contributed by atoms with van der Waals surface area (Å²) in [5, 5.41) is 9.01. The Bertz CT molecular complexity index is 355. The first-order valence-corrected chi connectivity index (χ1v) is 4.48. The summed E-state index contributed by atoms with van der Waals surface area (Å²) in [5.74, 6) is -0.950. The van der Waals surface area contributed by atoms with E-state index < -0.39 is 12.0 Å². The monoisotopic (exact) mass is 214 g/mol. The first-order valence-electron chi connectivity index (χ1n) is 4.10. The average molecular weight is 215 g/mol. The number of halogens is 1. The van der Waals surface area contributed by atoms with Crippen LogP contribution in [0.3, 0.4) is 0 Å². The van der Waals surface area contributed by atoms with Crippen LogP contribution in [0.2, 0.25) is 5.02 Å². The van der Waals surface area contributed by atoms with E-state index in [9.17, 15) is 4.79 Å². The number of rotatable bonds is 3. The molecular weight excluding hydrogens is 204 g/mol. The number of nitrogens with two attached hydrogens (primary N) is 1. The van der Waals surface area contributed by atoms with Crippen molar-refractivity contribution in [3.05, 3.63) is 28.5 Å². The molecule has 0 saturated carbocycles. The molecule has 76 valence electrons. The first-order chi connectivity index (χ1) is 6.50. The summed E-state index contributed by atoms with van der Waals surface area (Å²) in [4.78, 5) is 14.4. The van der Waals surface area contributed by atoms with E-state index >= 15 is 0 Å². The van der Waals surface area contributed by atoms with Crippen LogP contribution < -0.4 is 5.73 Å². The van der Waals surface area contributed by atoms with E-state index in [1.807, 2.05) is 0 Å². The van der Waals surface area contributed by atoms with Gasteiger partial charge in [-0.2, -0.15) is 0 Å². The van der Waals surface area contributed by atoms with Gasteiger partial charge in [0.1, 0.15) is 0 Å². The fraction of sp³-hybridized carbons (Fsp3) is 0.333. The number of hydrogen-bond donors (Lipinski definition) is 2. The third-order valence-corrected chi connectivity index (χ3v) is 2.14. The van der Waals surface area contributed by atoms with Gasteiger partial charge in [-0.05, 0) is 13.0 Å². The molecule has 0 radical (unpaired) electrons. The van der Waals surface area contributed by atoms with E-state index in [4.69, 9.17) is 22.4 Å². The molecule has 1 aromatic rings. The summed E-state index contributed by atoms with van der Waals surface area (Å²) in [6, 6.07) is 1.06. The van der Waals surface area contributed by atoms with Crippen molar-refractivity contribution in [3.8, 4) is 0 Å².